The summed E-state index contributed by atoms with van der Waals surface area (Å²) < 4.78 is 31.2. The van der Waals surface area contributed by atoms with Gasteiger partial charge in [0.1, 0.15) is 12.8 Å². The number of Topliss-reactive ketones (excluding diaryl/α,β-unsaturated/α-hetero) is 4. The normalized spacial score (nSPS) is 15.0. The Morgan fingerprint density at radius 2 is 0.658 bits per heavy atom. The van der Waals surface area contributed by atoms with Crippen molar-refractivity contribution in [3.63, 3.8) is 0 Å². The molecule has 4 aromatic rings. The van der Waals surface area contributed by atoms with Crippen LogP contribution < -0.4 is 44.2 Å². The molecule has 2 aliphatic rings. The van der Waals surface area contributed by atoms with Crippen LogP contribution in [0, 0.1) is 47.8 Å². The molecule has 1 radical (unpaired) electrons. The number of rotatable bonds is 32. The molecule has 2 fully saturated rings. The van der Waals surface area contributed by atoms with E-state index in [1.807, 2.05) is 217 Å². The summed E-state index contributed by atoms with van der Waals surface area (Å²) in [4.78, 5) is 160. The fraction of sp³-hybridized carbons (Fsp3) is 0.448. The average molecular weight is 3050 g/mol. The first kappa shape index (κ1) is 110. The van der Waals surface area contributed by atoms with Crippen molar-refractivity contribution in [2.45, 2.75) is 155 Å². The number of ketones is 4. The Kier molecular flexibility index (Phi) is 50.1. The fourth-order valence-corrected chi connectivity index (χ4v) is 28.0. The van der Waals surface area contributed by atoms with Crippen LogP contribution in [-0.2, 0) is 61.4 Å². The van der Waals surface area contributed by atoms with Crippen molar-refractivity contribution in [2.75, 3.05) is 61.4 Å². The summed E-state index contributed by atoms with van der Waals surface area (Å²) in [7, 11) is 1.58. The first-order valence-corrected chi connectivity index (χ1v) is 46.0. The van der Waals surface area contributed by atoms with Crippen LogP contribution in [0.25, 0.3) is 0 Å². The third-order valence-corrected chi connectivity index (χ3v) is 28.3. The van der Waals surface area contributed by atoms with Gasteiger partial charge in [-0.3, -0.25) is 62.5 Å². The fourth-order valence-electron chi connectivity index (χ4n) is 9.70. The van der Waals surface area contributed by atoms with Crippen molar-refractivity contribution >= 4 is 387 Å². The van der Waals surface area contributed by atoms with Crippen LogP contribution in [0.4, 0.5) is 22.7 Å². The molecule has 2 heterocycles. The van der Waals surface area contributed by atoms with Crippen LogP contribution in [0.1, 0.15) is 196 Å². The minimum Gasteiger partial charge on any atom is -0.394 e. The number of hydrogen-bond donors (Lipinski definition) is 13. The molecule has 0 spiro atoms. The second-order valence-electron chi connectivity index (χ2n) is 24.8. The number of carbonyl (C=O) groups is 12. The number of methoxy groups -OCH3 is 1. The zero-order valence-corrected chi connectivity index (χ0v) is 88.4. The molecule has 111 heavy (non-hydrogen) atoms. The maximum Gasteiger partial charge on any atom is 0.250 e. The zero-order valence-electron chi connectivity index (χ0n) is 59.0. The summed E-state index contributed by atoms with van der Waals surface area (Å²) in [5.74, 6) is -9.49. The van der Waals surface area contributed by atoms with Gasteiger partial charge in [-0.1, -0.05) is 7.43 Å². The molecule has 2 saturated heterocycles. The number of aliphatic hydroxyl groups is 5. The Hall–Kier alpha value is 0.994. The van der Waals surface area contributed by atoms with Crippen molar-refractivity contribution in [1.82, 2.24) is 0 Å². The van der Waals surface area contributed by atoms with Crippen LogP contribution >= 0.6 is 294 Å². The van der Waals surface area contributed by atoms with E-state index in [2.05, 4.69) is 26.2 Å². The van der Waals surface area contributed by atoms with Crippen molar-refractivity contribution in [1.29, 1.82) is 0 Å². The number of aliphatic hydroxyl groups excluding tert-OH is 5. The molecule has 8 amide bonds. The van der Waals surface area contributed by atoms with Gasteiger partial charge in [0.25, 0.3) is 23.6 Å². The number of nitrogens with one attached hydrogen (secondary N) is 4. The maximum atomic E-state index is 13.6. The monoisotopic (exact) mass is 3050 g/mol. The van der Waals surface area contributed by atoms with E-state index in [1.54, 1.807) is 125 Å². The van der Waals surface area contributed by atoms with Crippen LogP contribution in [-0.4, -0.2) is 178 Å². The largest absolute Gasteiger partial charge is 0.394 e. The van der Waals surface area contributed by atoms with E-state index in [-0.39, 0.29) is 189 Å². The second-order valence-corrected chi connectivity index (χ2v) is 37.8. The third kappa shape index (κ3) is 31.4. The zero-order chi connectivity index (χ0) is 83.6. The van der Waals surface area contributed by atoms with Gasteiger partial charge in [0.15, 0.2) is 34.7 Å². The minimum absolute atomic E-state index is 0. The Morgan fingerprint density at radius 3 is 0.829 bits per heavy atom. The molecule has 17 N–H and O–H groups in total. The summed E-state index contributed by atoms with van der Waals surface area (Å²) in [6.45, 7) is 10.5. The molecule has 0 aliphatic carbocycles. The number of ether oxygens (including phenoxy) is 5. The maximum absolute atomic E-state index is 13.6. The molecular weight excluding hydrogens is 2970 g/mol. The second kappa shape index (κ2) is 50.5. The van der Waals surface area contributed by atoms with Gasteiger partial charge < -0.3 is 116 Å². The summed E-state index contributed by atoms with van der Waals surface area (Å²) in [5.41, 5.74) is 23.4. The minimum atomic E-state index is -1.13. The molecule has 0 bridgehead atoms. The molecule has 4 atom stereocenters. The number of nitrogens with two attached hydrogens (primary N) is 4. The third-order valence-electron chi connectivity index (χ3n) is 15.4. The SMILES string of the molecule is C.CC1(C)OCC(CCC(=O)c2c(I)c(NC(=O)CC(=O)Nc3c(I)c(C(N)=O)c(I)c(C(=O)CCC4COC(C)(C)O4)c3I)c(I)c(C(N)=O)c2I)O1.COC(C)(C)CO.NC(=O)c1c(I)c(NC(=O)CC(=O)Nc2c(I)c(C(N)=O)c(I)c(C(=O)CCC(O)CO)c2I)c(I)c(C(=O)CCC(O)CO)c1I.[CH2-]I.[V]. The van der Waals surface area contributed by atoms with Gasteiger partial charge in [-0.05, 0) is 338 Å². The van der Waals surface area contributed by atoms with Crippen LogP contribution in [0.15, 0.2) is 0 Å². The number of carbonyl (C=O) groups excluding carboxylic acids is 12. The van der Waals surface area contributed by atoms with Gasteiger partial charge in [0.05, 0.1) is 122 Å². The molecule has 2 aliphatic heterocycles. The molecule has 0 aromatic heterocycles. The molecule has 6 rings (SSSR count). The molecule has 30 nitrogen and oxygen atoms in total. The van der Waals surface area contributed by atoms with Gasteiger partial charge in [-0.2, -0.15) is 0 Å². The summed E-state index contributed by atoms with van der Waals surface area (Å²) in [5, 5.41) is 56.6. The van der Waals surface area contributed by atoms with E-state index in [0.29, 0.717) is 47.5 Å². The number of anilines is 4. The van der Waals surface area contributed by atoms with E-state index in [0.717, 1.165) is 0 Å². The molecule has 615 valence electrons. The van der Waals surface area contributed by atoms with E-state index >= 15 is 0 Å². The first-order valence-electron chi connectivity index (χ1n) is 31.5. The first-order chi connectivity index (χ1) is 50.6. The van der Waals surface area contributed by atoms with Crippen LogP contribution in [0.2, 0.25) is 0 Å². The number of benzene rings is 4. The van der Waals surface area contributed by atoms with Gasteiger partial charge in [-0.15, -0.1) is 0 Å². The van der Waals surface area contributed by atoms with E-state index in [9.17, 15) is 67.7 Å². The van der Waals surface area contributed by atoms with Gasteiger partial charge in [0, 0.05) is 102 Å². The van der Waals surface area contributed by atoms with Crippen molar-refractivity contribution in [2.24, 2.45) is 22.9 Å². The van der Waals surface area contributed by atoms with Crippen LogP contribution in [0.3, 0.4) is 0 Å². The van der Waals surface area contributed by atoms with Crippen molar-refractivity contribution in [3.8, 4) is 0 Å². The molecule has 44 heteroatoms. The van der Waals surface area contributed by atoms with Crippen molar-refractivity contribution in [3.05, 3.63) is 92.3 Å². The topological polar surface area (TPSA) is 504 Å². The predicted octanol–water partition coefficient (Wildman–Crippen LogP) is 12.1. The quantitative estimate of drug-likeness (QED) is 0.00934. The Labute approximate surface area is 830 Å². The Bertz CT molecular complexity index is 3960. The summed E-state index contributed by atoms with van der Waals surface area (Å²) >= 11 is 24.2. The van der Waals surface area contributed by atoms with Crippen LogP contribution in [0.5, 0.6) is 0 Å². The molecule has 4 aromatic carbocycles. The van der Waals surface area contributed by atoms with Crippen molar-refractivity contribution < 1.29 is 125 Å². The van der Waals surface area contributed by atoms with Gasteiger partial charge in [0.2, 0.25) is 23.6 Å². The van der Waals surface area contributed by atoms with Gasteiger partial charge >= 0.3 is 0 Å². The van der Waals surface area contributed by atoms with E-state index in [1.165, 1.54) is 0 Å². The number of amides is 8. The van der Waals surface area contributed by atoms with E-state index in [4.69, 9.17) is 61.9 Å². The summed E-state index contributed by atoms with van der Waals surface area (Å²) in [6, 6.07) is 0. The predicted molar refractivity (Wildman–Crippen MR) is 521 cm³/mol. The van der Waals surface area contributed by atoms with E-state index < -0.39 is 109 Å². The standard InChI is InChI=1S/C33H34I6N4O10.C27H26I6N4O10.C5H12O2.CH2I.CH4.V/c1-32(2)50-10-12(52-32)5-7-14(44)18-22(34)20(30(40)48)26(38)28(24(18)36)42-16(46)9-17(47)43-29-25(37)19(23(35)21(27(29)39)31(41)49)15(45)8-6-13-11-51-33(3,4)53-13;28-18-14(10(42)3-1-8(40)6-38)20(30)24(22(32)16(18)26(34)46)36-12(44)5-13(45)37-25-21(31)15(11(43)4-2-9(41)7-39)19(29)17(23(25)33)27(35)47;1-5(2,4-6)7-3;1-2;;/h12-13H,5-11H2,1-4H3,(H2,40,48)(H2,41,49)(H,42,46)(H,43,47);8-9,38-41H,1-7H2,(H2,34,46)(H2,35,47)(H,36,44)(H,37,45);6H,4H2,1-3H3;1H2;1H4;/q;;;-1;;. The molecule has 4 unspecified atom stereocenters. The molecular formula is C67H78I13N8O22V-. The summed E-state index contributed by atoms with van der Waals surface area (Å²) in [6.07, 6.45) is -3.81. The van der Waals surface area contributed by atoms with Gasteiger partial charge in [-0.25, -0.2) is 0 Å². The average Bonchev–Trinajstić information content (AvgIpc) is 1.75. The smallest absolute Gasteiger partial charge is 0.250 e. The Balaban J connectivity index is 0.000000989. The number of hydrogen-bond acceptors (Lipinski definition) is 22. The Morgan fingerprint density at radius 1 is 0.441 bits per heavy atom. The number of halogens is 13. The molecule has 0 saturated carbocycles. The number of primary amides is 4.